The Hall–Kier alpha value is -7.97. The Morgan fingerprint density at radius 1 is 0.586 bits per heavy atom. The number of halogens is 3. The minimum Gasteiger partial charge on any atom is -0.478 e. The second kappa shape index (κ2) is 19.6. The molecule has 3 amide bonds. The van der Waals surface area contributed by atoms with E-state index in [2.05, 4.69) is 16.0 Å². The minimum absolute atomic E-state index is 0.000286. The smallest absolute Gasteiger partial charge is 0.338 e. The molecule has 19 nitrogen and oxygen atoms in total. The van der Waals surface area contributed by atoms with Crippen LogP contribution in [0.5, 0.6) is 0 Å². The molecule has 6 rings (SSSR count). The first-order valence-corrected chi connectivity index (χ1v) is 16.5. The lowest BCUT2D eigenvalue weighted by Gasteiger charge is -2.06. The van der Waals surface area contributed by atoms with Gasteiger partial charge in [-0.1, -0.05) is 35.3 Å². The van der Waals surface area contributed by atoms with Gasteiger partial charge in [0, 0.05) is 35.6 Å². The summed E-state index contributed by atoms with van der Waals surface area (Å²) in [5.41, 5.74) is -0.812. The second-order valence-corrected chi connectivity index (χ2v) is 11.7. The number of nitrogens with one attached hydrogen (secondary N) is 3. The minimum atomic E-state index is -1.39. The van der Waals surface area contributed by atoms with Gasteiger partial charge in [-0.3, -0.25) is 44.7 Å². The molecule has 58 heavy (non-hydrogen) atoms. The van der Waals surface area contributed by atoms with Gasteiger partial charge in [-0.15, -0.1) is 0 Å². The molecule has 0 radical (unpaired) electrons. The van der Waals surface area contributed by atoms with Gasteiger partial charge in [-0.05, 0) is 66.7 Å². The van der Waals surface area contributed by atoms with Crippen molar-refractivity contribution < 1.29 is 52.3 Å². The Bertz CT molecular complexity index is 2520. The molecule has 0 aliphatic carbocycles. The van der Waals surface area contributed by atoms with Gasteiger partial charge in [-0.2, -0.15) is 0 Å². The fourth-order valence-electron chi connectivity index (χ4n) is 4.43. The van der Waals surface area contributed by atoms with E-state index in [1.54, 1.807) is 6.07 Å². The standard InChI is InChI=1S/C13H8ClFN2O3.C12H8N2O6.C11H7ClN2O4/c14-10-7-8(5-6-12(10)17(19)20)16-13(18)9-3-1-2-4-11(9)15;15-11(10-2-1-5-20-10)13-9-4-3-7(14(18)19)6-8(9)12(16)17;12-8-6-7(3-4-9(8)14(16)17)13-11(15)10-2-1-5-18-10/h1-7H,(H,16,18);1-6H,(H,13,15)(H,16,17);1-6H,(H,13,15). The molecule has 4 N–H and O–H groups in total. The van der Waals surface area contributed by atoms with Crippen molar-refractivity contribution in [3.63, 3.8) is 0 Å². The molecular weight excluding hydrogens is 814 g/mol. The van der Waals surface area contributed by atoms with Crippen LogP contribution in [0, 0.1) is 36.2 Å². The molecule has 6 aromatic rings. The molecule has 0 spiro atoms. The number of carboxylic acid groups (broad SMARTS) is 1. The highest BCUT2D eigenvalue weighted by Crippen LogP contribution is 2.29. The number of nitro benzene ring substituents is 3. The molecule has 2 heterocycles. The summed E-state index contributed by atoms with van der Waals surface area (Å²) < 4.78 is 23.2. The first-order valence-electron chi connectivity index (χ1n) is 15.7. The quantitative estimate of drug-likeness (QED) is 0.0741. The molecule has 0 fully saturated rings. The number of hydrogen-bond acceptors (Lipinski definition) is 12. The summed E-state index contributed by atoms with van der Waals surface area (Å²) in [4.78, 5) is 76.1. The fourth-order valence-corrected chi connectivity index (χ4v) is 4.93. The molecule has 0 atom stereocenters. The number of nitro groups is 3. The van der Waals surface area contributed by atoms with Crippen LogP contribution in [-0.2, 0) is 0 Å². The molecule has 22 heteroatoms. The van der Waals surface area contributed by atoms with E-state index in [1.807, 2.05) is 0 Å². The molecule has 0 aliphatic rings. The maximum atomic E-state index is 13.4. The van der Waals surface area contributed by atoms with Gasteiger partial charge in [-0.25, -0.2) is 9.18 Å². The van der Waals surface area contributed by atoms with Gasteiger partial charge < -0.3 is 29.9 Å². The lowest BCUT2D eigenvalue weighted by molar-refractivity contribution is -0.385. The van der Waals surface area contributed by atoms with Crippen LogP contribution in [0.15, 0.2) is 124 Å². The lowest BCUT2D eigenvalue weighted by Crippen LogP contribution is -2.14. The molecule has 0 unspecified atom stereocenters. The van der Waals surface area contributed by atoms with E-state index >= 15 is 0 Å². The van der Waals surface area contributed by atoms with E-state index in [9.17, 15) is 53.9 Å². The number of carbonyl (C=O) groups is 4. The Morgan fingerprint density at radius 2 is 1.09 bits per heavy atom. The monoisotopic (exact) mass is 836 g/mol. The average molecular weight is 838 g/mol. The number of amides is 3. The zero-order chi connectivity index (χ0) is 42.5. The van der Waals surface area contributed by atoms with Crippen LogP contribution >= 0.6 is 23.2 Å². The van der Waals surface area contributed by atoms with Crippen molar-refractivity contribution in [2.75, 3.05) is 16.0 Å². The number of rotatable bonds is 10. The lowest BCUT2D eigenvalue weighted by atomic mass is 10.1. The molecule has 296 valence electrons. The number of benzene rings is 4. The first kappa shape index (κ1) is 42.8. The third kappa shape index (κ3) is 11.5. The number of anilines is 3. The van der Waals surface area contributed by atoms with Crippen LogP contribution in [0.3, 0.4) is 0 Å². The van der Waals surface area contributed by atoms with Gasteiger partial charge in [0.05, 0.1) is 44.1 Å². The van der Waals surface area contributed by atoms with Gasteiger partial charge in [0.15, 0.2) is 11.5 Å². The predicted molar refractivity (Wildman–Crippen MR) is 204 cm³/mol. The van der Waals surface area contributed by atoms with E-state index in [4.69, 9.17) is 37.1 Å². The van der Waals surface area contributed by atoms with E-state index < -0.39 is 44.3 Å². The van der Waals surface area contributed by atoms with Crippen molar-refractivity contribution in [1.29, 1.82) is 0 Å². The highest BCUT2D eigenvalue weighted by molar-refractivity contribution is 6.33. The van der Waals surface area contributed by atoms with Crippen LogP contribution < -0.4 is 16.0 Å². The van der Waals surface area contributed by atoms with Crippen molar-refractivity contribution in [1.82, 2.24) is 0 Å². The summed E-state index contributed by atoms with van der Waals surface area (Å²) in [6, 6.07) is 22.3. The molecule has 0 saturated carbocycles. The van der Waals surface area contributed by atoms with Crippen LogP contribution in [-0.4, -0.2) is 43.6 Å². The molecule has 2 aromatic heterocycles. The van der Waals surface area contributed by atoms with Crippen LogP contribution in [0.1, 0.15) is 41.8 Å². The van der Waals surface area contributed by atoms with E-state index in [0.29, 0.717) is 5.69 Å². The first-order chi connectivity index (χ1) is 27.5. The number of carboxylic acids is 1. The van der Waals surface area contributed by atoms with Crippen molar-refractivity contribution in [2.24, 2.45) is 0 Å². The number of furan rings is 2. The molecule has 0 aliphatic heterocycles. The summed E-state index contributed by atoms with van der Waals surface area (Å²) in [6.45, 7) is 0. The molecule has 4 aromatic carbocycles. The van der Waals surface area contributed by atoms with Gasteiger partial charge in [0.1, 0.15) is 15.9 Å². The van der Waals surface area contributed by atoms with Gasteiger partial charge in [0.25, 0.3) is 34.8 Å². The largest absolute Gasteiger partial charge is 0.478 e. The summed E-state index contributed by atoms with van der Waals surface area (Å²) in [5, 5.41) is 47.9. The fraction of sp³-hybridized carbons (Fsp3) is 0. The topological polar surface area (TPSA) is 280 Å². The maximum absolute atomic E-state index is 13.4. The number of non-ortho nitro benzene ring substituents is 1. The zero-order valence-corrected chi connectivity index (χ0v) is 30.3. The normalized spacial score (nSPS) is 10.1. The molecule has 0 saturated heterocycles. The van der Waals surface area contributed by atoms with Crippen molar-refractivity contribution in [3.8, 4) is 0 Å². The van der Waals surface area contributed by atoms with Gasteiger partial charge in [0.2, 0.25) is 0 Å². The molecule has 0 bridgehead atoms. The van der Waals surface area contributed by atoms with Crippen molar-refractivity contribution >= 4 is 81.0 Å². The van der Waals surface area contributed by atoms with E-state index in [1.165, 1.54) is 85.3 Å². The third-order valence-electron chi connectivity index (χ3n) is 7.11. The van der Waals surface area contributed by atoms with Crippen molar-refractivity contribution in [2.45, 2.75) is 0 Å². The summed E-state index contributed by atoms with van der Waals surface area (Å²) in [5.74, 6) is -3.66. The summed E-state index contributed by atoms with van der Waals surface area (Å²) >= 11 is 11.4. The maximum Gasteiger partial charge on any atom is 0.338 e. The number of carbonyl (C=O) groups excluding carboxylic acids is 3. The highest BCUT2D eigenvalue weighted by Gasteiger charge is 2.20. The Kier molecular flexibility index (Phi) is 14.4. The SMILES string of the molecule is O=C(Nc1ccc([N+](=O)[O-])c(Cl)c1)c1ccccc1F.O=C(Nc1ccc([N+](=O)[O-])c(Cl)c1)c1ccco1.O=C(Nc1ccc([N+](=O)[O-])cc1C(=O)O)c1ccco1. The summed E-state index contributed by atoms with van der Waals surface area (Å²) in [6.07, 6.45) is 2.67. The summed E-state index contributed by atoms with van der Waals surface area (Å²) in [7, 11) is 0. The van der Waals surface area contributed by atoms with E-state index in [-0.39, 0.29) is 61.1 Å². The number of nitrogens with zero attached hydrogens (tertiary/aromatic N) is 3. The number of aromatic carboxylic acids is 1. The predicted octanol–water partition coefficient (Wildman–Crippen LogP) is 8.87. The van der Waals surface area contributed by atoms with Gasteiger partial charge >= 0.3 is 5.97 Å². The number of hydrogen-bond donors (Lipinski definition) is 4. The Morgan fingerprint density at radius 3 is 1.52 bits per heavy atom. The highest BCUT2D eigenvalue weighted by atomic mass is 35.5. The third-order valence-corrected chi connectivity index (χ3v) is 7.71. The average Bonchev–Trinajstić information content (AvgIpc) is 3.92. The van der Waals surface area contributed by atoms with Crippen molar-refractivity contribution in [3.05, 3.63) is 185 Å². The van der Waals surface area contributed by atoms with Crippen LogP contribution in [0.4, 0.5) is 38.5 Å². The Balaban J connectivity index is 0.000000193. The van der Waals surface area contributed by atoms with Crippen LogP contribution in [0.2, 0.25) is 10.0 Å². The molecular formula is C36H23Cl2FN6O13. The van der Waals surface area contributed by atoms with Crippen LogP contribution in [0.25, 0.3) is 0 Å². The second-order valence-electron chi connectivity index (χ2n) is 10.9. The van der Waals surface area contributed by atoms with E-state index in [0.717, 1.165) is 24.3 Å². The zero-order valence-electron chi connectivity index (χ0n) is 28.8. The Labute approximate surface area is 333 Å².